The monoisotopic (exact) mass is 309 g/mol. The molecule has 0 saturated heterocycles. The standard InChI is InChI=1S/C14H13BrFNO/c1-17-9-10-5-12(16)8-14(6-10)18-13-4-2-3-11(15)7-13/h2-8,17H,9H2,1H3. The molecule has 0 aliphatic rings. The van der Waals surface area contributed by atoms with Crippen LogP contribution in [0.4, 0.5) is 4.39 Å². The highest BCUT2D eigenvalue weighted by Gasteiger charge is 2.03. The van der Waals surface area contributed by atoms with E-state index in [0.29, 0.717) is 18.0 Å². The van der Waals surface area contributed by atoms with E-state index >= 15 is 0 Å². The van der Waals surface area contributed by atoms with Crippen LogP contribution in [0.15, 0.2) is 46.9 Å². The summed E-state index contributed by atoms with van der Waals surface area (Å²) in [4.78, 5) is 0. The summed E-state index contributed by atoms with van der Waals surface area (Å²) in [5.74, 6) is 0.872. The van der Waals surface area contributed by atoms with Gasteiger partial charge >= 0.3 is 0 Å². The summed E-state index contributed by atoms with van der Waals surface area (Å²) in [6.07, 6.45) is 0. The molecule has 0 amide bonds. The molecule has 0 aliphatic heterocycles. The maximum Gasteiger partial charge on any atom is 0.130 e. The van der Waals surface area contributed by atoms with Crippen LogP contribution >= 0.6 is 15.9 Å². The summed E-state index contributed by atoms with van der Waals surface area (Å²) < 4.78 is 20.0. The average molecular weight is 310 g/mol. The first kappa shape index (κ1) is 13.1. The van der Waals surface area contributed by atoms with Crippen molar-refractivity contribution in [3.05, 3.63) is 58.3 Å². The van der Waals surface area contributed by atoms with Crippen molar-refractivity contribution in [2.75, 3.05) is 7.05 Å². The molecule has 4 heteroatoms. The van der Waals surface area contributed by atoms with E-state index in [1.807, 2.05) is 37.4 Å². The summed E-state index contributed by atoms with van der Waals surface area (Å²) in [6, 6.07) is 12.1. The Bertz CT molecular complexity index is 545. The molecule has 18 heavy (non-hydrogen) atoms. The Morgan fingerprint density at radius 2 is 2.00 bits per heavy atom. The number of hydrogen-bond donors (Lipinski definition) is 1. The Hall–Kier alpha value is -1.39. The maximum atomic E-state index is 13.4. The summed E-state index contributed by atoms with van der Waals surface area (Å²) >= 11 is 3.37. The number of hydrogen-bond acceptors (Lipinski definition) is 2. The van der Waals surface area contributed by atoms with Crippen LogP contribution in [0, 0.1) is 5.82 Å². The third kappa shape index (κ3) is 3.55. The lowest BCUT2D eigenvalue weighted by molar-refractivity contribution is 0.475. The molecular weight excluding hydrogens is 297 g/mol. The molecule has 0 saturated carbocycles. The van der Waals surface area contributed by atoms with Crippen LogP contribution < -0.4 is 10.1 Å². The van der Waals surface area contributed by atoms with Gasteiger partial charge in [0.2, 0.25) is 0 Å². The third-order valence-electron chi connectivity index (χ3n) is 2.34. The first-order valence-electron chi connectivity index (χ1n) is 5.55. The van der Waals surface area contributed by atoms with Crippen molar-refractivity contribution in [3.63, 3.8) is 0 Å². The van der Waals surface area contributed by atoms with Crippen LogP contribution in [0.1, 0.15) is 5.56 Å². The minimum absolute atomic E-state index is 0.298. The van der Waals surface area contributed by atoms with E-state index in [-0.39, 0.29) is 5.82 Å². The first-order valence-corrected chi connectivity index (χ1v) is 6.34. The van der Waals surface area contributed by atoms with Crippen LogP contribution in [0.3, 0.4) is 0 Å². The maximum absolute atomic E-state index is 13.4. The topological polar surface area (TPSA) is 21.3 Å². The van der Waals surface area contributed by atoms with Gasteiger partial charge in [0, 0.05) is 17.1 Å². The van der Waals surface area contributed by atoms with Crippen molar-refractivity contribution in [3.8, 4) is 11.5 Å². The second-order valence-electron chi connectivity index (χ2n) is 3.88. The molecule has 0 spiro atoms. The van der Waals surface area contributed by atoms with Gasteiger partial charge in [-0.3, -0.25) is 0 Å². The average Bonchev–Trinajstić information content (AvgIpc) is 2.28. The van der Waals surface area contributed by atoms with Crippen LogP contribution in [0.25, 0.3) is 0 Å². The normalized spacial score (nSPS) is 10.4. The lowest BCUT2D eigenvalue weighted by Gasteiger charge is -2.08. The van der Waals surface area contributed by atoms with Crippen LogP contribution in [0.2, 0.25) is 0 Å². The predicted octanol–water partition coefficient (Wildman–Crippen LogP) is 4.10. The molecule has 0 radical (unpaired) electrons. The fraction of sp³-hybridized carbons (Fsp3) is 0.143. The van der Waals surface area contributed by atoms with Gasteiger partial charge in [0.1, 0.15) is 17.3 Å². The highest BCUT2D eigenvalue weighted by atomic mass is 79.9. The molecule has 2 rings (SSSR count). The lowest BCUT2D eigenvalue weighted by Crippen LogP contribution is -2.05. The molecular formula is C14H13BrFNO. The van der Waals surface area contributed by atoms with Gasteiger partial charge < -0.3 is 10.1 Å². The SMILES string of the molecule is CNCc1cc(F)cc(Oc2cccc(Br)c2)c1. The quantitative estimate of drug-likeness (QED) is 0.918. The Labute approximate surface area is 114 Å². The molecule has 0 heterocycles. The Morgan fingerprint density at radius 3 is 2.72 bits per heavy atom. The second kappa shape index (κ2) is 5.98. The number of benzene rings is 2. The fourth-order valence-corrected chi connectivity index (χ4v) is 2.03. The van der Waals surface area contributed by atoms with E-state index in [1.165, 1.54) is 12.1 Å². The lowest BCUT2D eigenvalue weighted by atomic mass is 10.2. The van der Waals surface area contributed by atoms with Gasteiger partial charge in [-0.1, -0.05) is 22.0 Å². The van der Waals surface area contributed by atoms with Gasteiger partial charge in [-0.15, -0.1) is 0 Å². The third-order valence-corrected chi connectivity index (χ3v) is 2.84. The van der Waals surface area contributed by atoms with Crippen molar-refractivity contribution in [2.45, 2.75) is 6.54 Å². The van der Waals surface area contributed by atoms with E-state index in [2.05, 4.69) is 21.2 Å². The van der Waals surface area contributed by atoms with Crippen molar-refractivity contribution < 1.29 is 9.13 Å². The minimum atomic E-state index is -0.298. The van der Waals surface area contributed by atoms with Crippen LogP contribution in [-0.4, -0.2) is 7.05 Å². The first-order chi connectivity index (χ1) is 8.67. The number of halogens is 2. The van der Waals surface area contributed by atoms with E-state index in [0.717, 1.165) is 10.0 Å². The van der Waals surface area contributed by atoms with Crippen molar-refractivity contribution >= 4 is 15.9 Å². The van der Waals surface area contributed by atoms with E-state index in [9.17, 15) is 4.39 Å². The van der Waals surface area contributed by atoms with E-state index < -0.39 is 0 Å². The summed E-state index contributed by atoms with van der Waals surface area (Å²) in [6.45, 7) is 0.604. The summed E-state index contributed by atoms with van der Waals surface area (Å²) in [7, 11) is 1.82. The largest absolute Gasteiger partial charge is 0.457 e. The highest BCUT2D eigenvalue weighted by molar-refractivity contribution is 9.10. The zero-order chi connectivity index (χ0) is 13.0. The molecule has 2 aromatic carbocycles. The smallest absolute Gasteiger partial charge is 0.130 e. The molecule has 94 valence electrons. The summed E-state index contributed by atoms with van der Waals surface area (Å²) in [5, 5.41) is 2.98. The van der Waals surface area contributed by atoms with E-state index in [1.54, 1.807) is 0 Å². The molecule has 2 nitrogen and oxygen atoms in total. The predicted molar refractivity (Wildman–Crippen MR) is 73.4 cm³/mol. The molecule has 0 aliphatic carbocycles. The molecule has 0 unspecified atom stereocenters. The van der Waals surface area contributed by atoms with E-state index in [4.69, 9.17) is 4.74 Å². The van der Waals surface area contributed by atoms with Crippen molar-refractivity contribution in [2.24, 2.45) is 0 Å². The van der Waals surface area contributed by atoms with Gasteiger partial charge in [-0.2, -0.15) is 0 Å². The van der Waals surface area contributed by atoms with Gasteiger partial charge in [0.25, 0.3) is 0 Å². The van der Waals surface area contributed by atoms with Crippen LogP contribution in [-0.2, 0) is 6.54 Å². The van der Waals surface area contributed by atoms with Crippen molar-refractivity contribution in [1.29, 1.82) is 0 Å². The number of rotatable bonds is 4. The molecule has 0 bridgehead atoms. The zero-order valence-corrected chi connectivity index (χ0v) is 11.5. The molecule has 1 N–H and O–H groups in total. The minimum Gasteiger partial charge on any atom is -0.457 e. The zero-order valence-electron chi connectivity index (χ0n) is 9.91. The highest BCUT2D eigenvalue weighted by Crippen LogP contribution is 2.25. The van der Waals surface area contributed by atoms with Crippen LogP contribution in [0.5, 0.6) is 11.5 Å². The van der Waals surface area contributed by atoms with Gasteiger partial charge in [-0.05, 0) is 42.9 Å². The molecule has 0 fully saturated rings. The van der Waals surface area contributed by atoms with Crippen molar-refractivity contribution in [1.82, 2.24) is 5.32 Å². The Kier molecular flexibility index (Phi) is 4.33. The Morgan fingerprint density at radius 1 is 1.17 bits per heavy atom. The Balaban J connectivity index is 2.23. The second-order valence-corrected chi connectivity index (χ2v) is 4.80. The number of nitrogens with one attached hydrogen (secondary N) is 1. The number of ether oxygens (including phenoxy) is 1. The van der Waals surface area contributed by atoms with Gasteiger partial charge in [-0.25, -0.2) is 4.39 Å². The molecule has 0 atom stereocenters. The summed E-state index contributed by atoms with van der Waals surface area (Å²) in [5.41, 5.74) is 0.850. The molecule has 0 aromatic heterocycles. The molecule has 2 aromatic rings. The van der Waals surface area contributed by atoms with Gasteiger partial charge in [0.15, 0.2) is 0 Å². The van der Waals surface area contributed by atoms with Gasteiger partial charge in [0.05, 0.1) is 0 Å². The fourth-order valence-electron chi connectivity index (χ4n) is 1.65.